The molecule has 0 atom stereocenters. The normalized spacial score (nSPS) is 12.5. The maximum absolute atomic E-state index is 12.7. The van der Waals surface area contributed by atoms with Crippen LogP contribution in [-0.2, 0) is 29.2 Å². The highest BCUT2D eigenvalue weighted by atomic mass is 16.5. The predicted octanol–water partition coefficient (Wildman–Crippen LogP) is 4.00. The molecule has 0 saturated carbocycles. The lowest BCUT2D eigenvalue weighted by Crippen LogP contribution is -2.32. The molecule has 0 bridgehead atoms. The lowest BCUT2D eigenvalue weighted by molar-refractivity contribution is -0.117. The highest BCUT2D eigenvalue weighted by molar-refractivity contribution is 5.96. The largest absolute Gasteiger partial charge is 0.457 e. The van der Waals surface area contributed by atoms with Crippen LogP contribution in [0.3, 0.4) is 0 Å². The monoisotopic (exact) mass is 386 g/mol. The van der Waals surface area contributed by atoms with E-state index < -0.39 is 0 Å². The molecule has 0 saturated heterocycles. The number of nitrogens with zero attached hydrogens (tertiary/aromatic N) is 1. The van der Waals surface area contributed by atoms with Gasteiger partial charge in [0.2, 0.25) is 5.91 Å². The third-order valence-corrected chi connectivity index (χ3v) is 4.83. The second kappa shape index (κ2) is 8.71. The van der Waals surface area contributed by atoms with Crippen molar-refractivity contribution in [1.82, 2.24) is 4.90 Å². The fourth-order valence-corrected chi connectivity index (χ4v) is 3.47. The van der Waals surface area contributed by atoms with Gasteiger partial charge in [-0.25, -0.2) is 4.79 Å². The number of hydrogen-bond acceptors (Lipinski definition) is 4. The van der Waals surface area contributed by atoms with E-state index in [4.69, 9.17) is 4.74 Å². The molecule has 0 spiro atoms. The Bertz CT molecular complexity index is 962. The first-order valence-corrected chi connectivity index (χ1v) is 9.57. The molecule has 0 aromatic heterocycles. The third-order valence-electron chi connectivity index (χ3n) is 4.83. The van der Waals surface area contributed by atoms with Crippen molar-refractivity contribution in [2.75, 3.05) is 11.9 Å². The molecule has 0 radical (unpaired) electrons. The Kier molecular flexibility index (Phi) is 5.68. The van der Waals surface area contributed by atoms with Gasteiger partial charge in [-0.2, -0.15) is 0 Å². The number of carbonyl (C=O) groups is 2. The number of amides is 1. The smallest absolute Gasteiger partial charge is 0.338 e. The Hall–Kier alpha value is -3.44. The molecule has 0 aliphatic carbocycles. The van der Waals surface area contributed by atoms with Gasteiger partial charge in [-0.15, -0.1) is 0 Å². The van der Waals surface area contributed by atoms with Crippen LogP contribution in [-0.4, -0.2) is 23.3 Å². The number of hydrogen-bond donors (Lipinski definition) is 1. The fourth-order valence-electron chi connectivity index (χ4n) is 3.47. The van der Waals surface area contributed by atoms with Gasteiger partial charge in [0.1, 0.15) is 6.61 Å². The summed E-state index contributed by atoms with van der Waals surface area (Å²) < 4.78 is 5.02. The molecular formula is C24H22N2O3. The van der Waals surface area contributed by atoms with Gasteiger partial charge in [0, 0.05) is 24.3 Å². The van der Waals surface area contributed by atoms with Crippen molar-refractivity contribution in [1.29, 1.82) is 0 Å². The zero-order valence-corrected chi connectivity index (χ0v) is 16.0. The van der Waals surface area contributed by atoms with Crippen LogP contribution in [0.4, 0.5) is 5.69 Å². The van der Waals surface area contributed by atoms with Gasteiger partial charge < -0.3 is 10.1 Å². The number of carbonyl (C=O) groups excluding carboxylic acids is 2. The summed E-state index contributed by atoms with van der Waals surface area (Å²) in [7, 11) is 0. The number of benzene rings is 3. The SMILES string of the molecule is O=C(CN(Cc1ccccc1)Cc1ccccc1)Nc1ccc2c(c1)COC2=O. The molecule has 1 aliphatic rings. The van der Waals surface area contributed by atoms with Crippen LogP contribution in [0, 0.1) is 0 Å². The van der Waals surface area contributed by atoms with Gasteiger partial charge >= 0.3 is 5.97 Å². The molecule has 1 heterocycles. The van der Waals surface area contributed by atoms with E-state index in [2.05, 4.69) is 34.5 Å². The molecular weight excluding hydrogens is 364 g/mol. The number of nitrogens with one attached hydrogen (secondary N) is 1. The number of esters is 1. The van der Waals surface area contributed by atoms with E-state index in [-0.39, 0.29) is 25.0 Å². The van der Waals surface area contributed by atoms with Gasteiger partial charge in [-0.3, -0.25) is 9.69 Å². The third kappa shape index (κ3) is 4.89. The Balaban J connectivity index is 1.44. The summed E-state index contributed by atoms with van der Waals surface area (Å²) in [6, 6.07) is 25.5. The highest BCUT2D eigenvalue weighted by Crippen LogP contribution is 2.23. The van der Waals surface area contributed by atoms with Crippen molar-refractivity contribution in [3.63, 3.8) is 0 Å². The summed E-state index contributed by atoms with van der Waals surface area (Å²) in [6.07, 6.45) is 0. The molecule has 3 aromatic carbocycles. The minimum Gasteiger partial charge on any atom is -0.457 e. The maximum atomic E-state index is 12.7. The van der Waals surface area contributed by atoms with E-state index in [0.717, 1.165) is 16.7 Å². The molecule has 0 unspecified atom stereocenters. The van der Waals surface area contributed by atoms with Crippen LogP contribution in [0.5, 0.6) is 0 Å². The first-order chi connectivity index (χ1) is 14.2. The van der Waals surface area contributed by atoms with Crippen molar-refractivity contribution >= 4 is 17.6 Å². The second-order valence-corrected chi connectivity index (χ2v) is 7.11. The molecule has 1 aliphatic heterocycles. The van der Waals surface area contributed by atoms with Crippen molar-refractivity contribution < 1.29 is 14.3 Å². The minimum absolute atomic E-state index is 0.0953. The Morgan fingerprint density at radius 3 is 2.14 bits per heavy atom. The topological polar surface area (TPSA) is 58.6 Å². The summed E-state index contributed by atoms with van der Waals surface area (Å²) >= 11 is 0. The van der Waals surface area contributed by atoms with Crippen LogP contribution >= 0.6 is 0 Å². The maximum Gasteiger partial charge on any atom is 0.338 e. The Morgan fingerprint density at radius 2 is 1.52 bits per heavy atom. The van der Waals surface area contributed by atoms with Gasteiger partial charge in [-0.05, 0) is 29.3 Å². The van der Waals surface area contributed by atoms with Gasteiger partial charge in [0.25, 0.3) is 0 Å². The van der Waals surface area contributed by atoms with Gasteiger partial charge in [0.05, 0.1) is 12.1 Å². The zero-order chi connectivity index (χ0) is 20.1. The number of anilines is 1. The van der Waals surface area contributed by atoms with E-state index in [1.54, 1.807) is 18.2 Å². The second-order valence-electron chi connectivity index (χ2n) is 7.11. The number of ether oxygens (including phenoxy) is 1. The molecule has 146 valence electrons. The van der Waals surface area contributed by atoms with Crippen LogP contribution < -0.4 is 5.32 Å². The Morgan fingerprint density at radius 1 is 0.897 bits per heavy atom. The van der Waals surface area contributed by atoms with Crippen LogP contribution in [0.15, 0.2) is 78.9 Å². The van der Waals surface area contributed by atoms with E-state index in [1.165, 1.54) is 0 Å². The highest BCUT2D eigenvalue weighted by Gasteiger charge is 2.21. The first-order valence-electron chi connectivity index (χ1n) is 9.57. The summed E-state index contributed by atoms with van der Waals surface area (Å²) in [6.45, 7) is 1.87. The average Bonchev–Trinajstić information content (AvgIpc) is 3.09. The quantitative estimate of drug-likeness (QED) is 0.624. The minimum atomic E-state index is -0.310. The van der Waals surface area contributed by atoms with Crippen molar-refractivity contribution in [2.24, 2.45) is 0 Å². The standard InChI is InChI=1S/C24H22N2O3/c27-23(25-21-11-12-22-20(13-21)17-29-24(22)28)16-26(14-18-7-3-1-4-8-18)15-19-9-5-2-6-10-19/h1-13H,14-17H2,(H,25,27). The molecule has 1 N–H and O–H groups in total. The summed E-state index contributed by atoms with van der Waals surface area (Å²) in [5.74, 6) is -0.406. The van der Waals surface area contributed by atoms with Crippen LogP contribution in [0.25, 0.3) is 0 Å². The lowest BCUT2D eigenvalue weighted by atomic mass is 10.1. The molecule has 0 fully saturated rings. The van der Waals surface area contributed by atoms with Gasteiger partial charge in [0.15, 0.2) is 0 Å². The number of cyclic esters (lactones) is 1. The van der Waals surface area contributed by atoms with E-state index >= 15 is 0 Å². The average molecular weight is 386 g/mol. The number of rotatable bonds is 7. The lowest BCUT2D eigenvalue weighted by Gasteiger charge is -2.22. The van der Waals surface area contributed by atoms with E-state index in [0.29, 0.717) is 24.3 Å². The predicted molar refractivity (Wildman–Crippen MR) is 111 cm³/mol. The van der Waals surface area contributed by atoms with E-state index in [1.807, 2.05) is 36.4 Å². The molecule has 5 nitrogen and oxygen atoms in total. The van der Waals surface area contributed by atoms with Crippen molar-refractivity contribution in [3.05, 3.63) is 101 Å². The van der Waals surface area contributed by atoms with Crippen LogP contribution in [0.1, 0.15) is 27.0 Å². The summed E-state index contributed by atoms with van der Waals surface area (Å²) in [5, 5.41) is 2.94. The Labute approximate surface area is 169 Å². The van der Waals surface area contributed by atoms with Crippen LogP contribution in [0.2, 0.25) is 0 Å². The first kappa shape index (κ1) is 18.9. The van der Waals surface area contributed by atoms with Gasteiger partial charge in [-0.1, -0.05) is 60.7 Å². The zero-order valence-electron chi connectivity index (χ0n) is 16.0. The van der Waals surface area contributed by atoms with Crippen molar-refractivity contribution in [2.45, 2.75) is 19.7 Å². The molecule has 4 rings (SSSR count). The molecule has 5 heteroatoms. The molecule has 3 aromatic rings. The molecule has 29 heavy (non-hydrogen) atoms. The fraction of sp³-hybridized carbons (Fsp3) is 0.167. The summed E-state index contributed by atoms with van der Waals surface area (Å²) in [5.41, 5.74) is 4.36. The summed E-state index contributed by atoms with van der Waals surface area (Å²) in [4.78, 5) is 26.4. The van der Waals surface area contributed by atoms with Crippen molar-refractivity contribution in [3.8, 4) is 0 Å². The van der Waals surface area contributed by atoms with E-state index in [9.17, 15) is 9.59 Å². The molecule has 1 amide bonds. The number of fused-ring (bicyclic) bond motifs is 1.